The van der Waals surface area contributed by atoms with Crippen molar-refractivity contribution in [2.24, 2.45) is 11.0 Å². The molecule has 128 valence electrons. The lowest BCUT2D eigenvalue weighted by Gasteiger charge is -2.29. The molecule has 25 heavy (non-hydrogen) atoms. The minimum absolute atomic E-state index is 0.0553. The molecule has 0 saturated carbocycles. The highest BCUT2D eigenvalue weighted by atomic mass is 35.5. The summed E-state index contributed by atoms with van der Waals surface area (Å²) in [4.78, 5) is 15.0. The SMILES string of the molecule is O=C1C2CCN(Cc3cccc(Cl)c3)CC2=NN1c1ccc(Cl)cc1. The maximum Gasteiger partial charge on any atom is 0.256 e. The second-order valence-electron chi connectivity index (χ2n) is 6.40. The van der Waals surface area contributed by atoms with Crippen LogP contribution < -0.4 is 5.01 Å². The van der Waals surface area contributed by atoms with Crippen molar-refractivity contribution >= 4 is 40.5 Å². The van der Waals surface area contributed by atoms with Gasteiger partial charge >= 0.3 is 0 Å². The molecule has 2 aliphatic rings. The van der Waals surface area contributed by atoms with E-state index in [2.05, 4.69) is 16.1 Å². The van der Waals surface area contributed by atoms with Crippen molar-refractivity contribution < 1.29 is 4.79 Å². The van der Waals surface area contributed by atoms with Crippen LogP contribution >= 0.6 is 23.2 Å². The van der Waals surface area contributed by atoms with Crippen LogP contribution in [0.4, 0.5) is 5.69 Å². The highest BCUT2D eigenvalue weighted by Gasteiger charge is 2.39. The third-order valence-electron chi connectivity index (χ3n) is 4.62. The van der Waals surface area contributed by atoms with Crippen LogP contribution in [0.5, 0.6) is 0 Å². The monoisotopic (exact) mass is 373 g/mol. The molecular weight excluding hydrogens is 357 g/mol. The molecule has 1 saturated heterocycles. The number of rotatable bonds is 3. The van der Waals surface area contributed by atoms with Gasteiger partial charge in [-0.05, 0) is 48.4 Å². The third kappa shape index (κ3) is 3.43. The summed E-state index contributed by atoms with van der Waals surface area (Å²) in [6.07, 6.45) is 0.794. The van der Waals surface area contributed by atoms with Crippen molar-refractivity contribution in [1.82, 2.24) is 4.90 Å². The summed E-state index contributed by atoms with van der Waals surface area (Å²) in [7, 11) is 0. The number of piperidine rings is 1. The minimum atomic E-state index is -0.105. The van der Waals surface area contributed by atoms with Crippen LogP contribution in [0.15, 0.2) is 53.6 Å². The number of fused-ring (bicyclic) bond motifs is 1. The summed E-state index contributed by atoms with van der Waals surface area (Å²) in [6, 6.07) is 15.1. The van der Waals surface area contributed by atoms with Gasteiger partial charge in [-0.25, -0.2) is 5.01 Å². The molecule has 0 bridgehead atoms. The number of hydrazone groups is 1. The van der Waals surface area contributed by atoms with Gasteiger partial charge in [-0.2, -0.15) is 5.10 Å². The molecule has 6 heteroatoms. The maximum absolute atomic E-state index is 12.7. The molecule has 0 N–H and O–H groups in total. The number of hydrogen-bond acceptors (Lipinski definition) is 3. The van der Waals surface area contributed by atoms with Crippen LogP contribution in [0.3, 0.4) is 0 Å². The average Bonchev–Trinajstić information content (AvgIpc) is 2.92. The zero-order valence-electron chi connectivity index (χ0n) is 13.5. The molecular formula is C19H17Cl2N3O. The summed E-state index contributed by atoms with van der Waals surface area (Å²) in [6.45, 7) is 2.38. The fraction of sp³-hybridized carbons (Fsp3) is 0.263. The van der Waals surface area contributed by atoms with Gasteiger partial charge in [0.2, 0.25) is 0 Å². The topological polar surface area (TPSA) is 35.9 Å². The number of nitrogens with zero attached hydrogens (tertiary/aromatic N) is 3. The van der Waals surface area contributed by atoms with Crippen LogP contribution in [0.1, 0.15) is 12.0 Å². The molecule has 0 radical (unpaired) electrons. The van der Waals surface area contributed by atoms with Crippen LogP contribution in [-0.2, 0) is 11.3 Å². The molecule has 4 rings (SSSR count). The average molecular weight is 374 g/mol. The van der Waals surface area contributed by atoms with Gasteiger partial charge in [-0.3, -0.25) is 9.69 Å². The first-order chi connectivity index (χ1) is 12.1. The van der Waals surface area contributed by atoms with Gasteiger partial charge in [0.25, 0.3) is 5.91 Å². The largest absolute Gasteiger partial charge is 0.293 e. The molecule has 2 aliphatic heterocycles. The first-order valence-electron chi connectivity index (χ1n) is 8.24. The number of anilines is 1. The van der Waals surface area contributed by atoms with Crippen LogP contribution in [0.25, 0.3) is 0 Å². The van der Waals surface area contributed by atoms with Crippen LogP contribution in [0.2, 0.25) is 10.0 Å². The Labute approximate surface area is 156 Å². The number of carbonyl (C=O) groups excluding carboxylic acids is 1. The molecule has 0 spiro atoms. The fourth-order valence-corrected chi connectivity index (χ4v) is 3.72. The zero-order chi connectivity index (χ0) is 17.4. The highest BCUT2D eigenvalue weighted by Crippen LogP contribution is 2.30. The molecule has 1 fully saturated rings. The second kappa shape index (κ2) is 6.79. The number of benzene rings is 2. The summed E-state index contributed by atoms with van der Waals surface area (Å²) >= 11 is 12.0. The van der Waals surface area contributed by atoms with Crippen LogP contribution in [-0.4, -0.2) is 29.6 Å². The van der Waals surface area contributed by atoms with Gasteiger partial charge in [-0.1, -0.05) is 35.3 Å². The smallest absolute Gasteiger partial charge is 0.256 e. The quantitative estimate of drug-likeness (QED) is 0.807. The normalized spacial score (nSPS) is 20.6. The lowest BCUT2D eigenvalue weighted by atomic mass is 9.94. The molecule has 2 heterocycles. The van der Waals surface area contributed by atoms with Gasteiger partial charge in [0.05, 0.1) is 17.3 Å². The van der Waals surface area contributed by atoms with Gasteiger partial charge in [0, 0.05) is 29.7 Å². The van der Waals surface area contributed by atoms with Crippen LogP contribution in [0, 0.1) is 5.92 Å². The van der Waals surface area contributed by atoms with Gasteiger partial charge in [-0.15, -0.1) is 0 Å². The summed E-state index contributed by atoms with van der Waals surface area (Å²) in [5.74, 6) is -0.0500. The molecule has 2 aromatic rings. The Bertz CT molecular complexity index is 835. The van der Waals surface area contributed by atoms with E-state index in [1.807, 2.05) is 30.3 Å². The molecule has 4 nitrogen and oxygen atoms in total. The Balaban J connectivity index is 1.50. The maximum atomic E-state index is 12.7. The second-order valence-corrected chi connectivity index (χ2v) is 7.27. The number of halogens is 2. The summed E-state index contributed by atoms with van der Waals surface area (Å²) in [5, 5.41) is 7.49. The van der Waals surface area contributed by atoms with E-state index in [1.54, 1.807) is 12.1 Å². The zero-order valence-corrected chi connectivity index (χ0v) is 15.0. The van der Waals surface area contributed by atoms with Gasteiger partial charge in [0.15, 0.2) is 0 Å². The molecule has 0 aliphatic carbocycles. The molecule has 1 amide bonds. The Kier molecular flexibility index (Phi) is 4.50. The molecule has 0 aromatic heterocycles. The van der Waals surface area contributed by atoms with E-state index in [0.717, 1.165) is 35.9 Å². The van der Waals surface area contributed by atoms with E-state index in [4.69, 9.17) is 23.2 Å². The molecule has 2 aromatic carbocycles. The number of amides is 1. The van der Waals surface area contributed by atoms with Crippen molar-refractivity contribution in [3.8, 4) is 0 Å². The fourth-order valence-electron chi connectivity index (χ4n) is 3.39. The first kappa shape index (κ1) is 16.6. The standard InChI is InChI=1S/C19H17Cl2N3O/c20-14-4-6-16(7-5-14)24-19(25)17-8-9-23(12-18(17)22-24)11-13-2-1-3-15(21)10-13/h1-7,10,17H,8-9,11-12H2. The van der Waals surface area contributed by atoms with Crippen molar-refractivity contribution in [3.05, 3.63) is 64.1 Å². The molecule has 1 atom stereocenters. The summed E-state index contributed by atoms with van der Waals surface area (Å²) < 4.78 is 0. The molecule has 1 unspecified atom stereocenters. The van der Waals surface area contributed by atoms with Gasteiger partial charge < -0.3 is 0 Å². The third-order valence-corrected chi connectivity index (χ3v) is 5.11. The first-order valence-corrected chi connectivity index (χ1v) is 8.99. The van der Waals surface area contributed by atoms with E-state index >= 15 is 0 Å². The predicted molar refractivity (Wildman–Crippen MR) is 101 cm³/mol. The lowest BCUT2D eigenvalue weighted by Crippen LogP contribution is -2.41. The van der Waals surface area contributed by atoms with E-state index < -0.39 is 0 Å². The van der Waals surface area contributed by atoms with Crippen molar-refractivity contribution in [2.45, 2.75) is 13.0 Å². The Morgan fingerprint density at radius 2 is 1.88 bits per heavy atom. The predicted octanol–water partition coefficient (Wildman–Crippen LogP) is 4.22. The Morgan fingerprint density at radius 3 is 2.64 bits per heavy atom. The Hall–Kier alpha value is -1.88. The van der Waals surface area contributed by atoms with Crippen molar-refractivity contribution in [2.75, 3.05) is 18.1 Å². The lowest BCUT2D eigenvalue weighted by molar-refractivity contribution is -0.120. The van der Waals surface area contributed by atoms with E-state index in [9.17, 15) is 4.79 Å². The summed E-state index contributed by atoms with van der Waals surface area (Å²) in [5.41, 5.74) is 2.87. The number of likely N-dealkylation sites (tertiary alicyclic amines) is 1. The van der Waals surface area contributed by atoms with Gasteiger partial charge in [0.1, 0.15) is 0 Å². The van der Waals surface area contributed by atoms with E-state index in [0.29, 0.717) is 11.6 Å². The minimum Gasteiger partial charge on any atom is -0.293 e. The number of carbonyl (C=O) groups is 1. The number of hydrogen-bond donors (Lipinski definition) is 0. The van der Waals surface area contributed by atoms with Crippen molar-refractivity contribution in [3.63, 3.8) is 0 Å². The van der Waals surface area contributed by atoms with E-state index in [1.165, 1.54) is 10.6 Å². The highest BCUT2D eigenvalue weighted by molar-refractivity contribution is 6.31. The Morgan fingerprint density at radius 1 is 1.08 bits per heavy atom. The van der Waals surface area contributed by atoms with E-state index in [-0.39, 0.29) is 11.8 Å². The van der Waals surface area contributed by atoms with Crippen molar-refractivity contribution in [1.29, 1.82) is 0 Å².